The zero-order valence-corrected chi connectivity index (χ0v) is 16.7. The van der Waals surface area contributed by atoms with Crippen LogP contribution in [-0.2, 0) is 27.3 Å². The summed E-state index contributed by atoms with van der Waals surface area (Å²) in [6.45, 7) is 2.52. The molecule has 3 rings (SSSR count). The molecule has 2 aromatic heterocycles. The second kappa shape index (κ2) is 9.32. The van der Waals surface area contributed by atoms with E-state index in [0.717, 1.165) is 10.4 Å². The van der Waals surface area contributed by atoms with Crippen molar-refractivity contribution in [3.63, 3.8) is 0 Å². The number of hydrogen-bond acceptors (Lipinski definition) is 6. The van der Waals surface area contributed by atoms with Gasteiger partial charge in [0.15, 0.2) is 0 Å². The zero-order chi connectivity index (χ0) is 19.9. The van der Waals surface area contributed by atoms with E-state index in [9.17, 15) is 9.59 Å². The molecule has 0 saturated carbocycles. The van der Waals surface area contributed by atoms with Gasteiger partial charge in [-0.25, -0.2) is 4.98 Å². The number of rotatable bonds is 8. The molecule has 3 aromatic rings. The first kappa shape index (κ1) is 19.8. The molecule has 2 heterocycles. The summed E-state index contributed by atoms with van der Waals surface area (Å²) in [4.78, 5) is 31.6. The Morgan fingerprint density at radius 3 is 2.64 bits per heavy atom. The van der Waals surface area contributed by atoms with Crippen LogP contribution < -0.4 is 0 Å². The van der Waals surface area contributed by atoms with Crippen LogP contribution >= 0.6 is 11.3 Å². The number of benzene rings is 1. The maximum Gasteiger partial charge on any atom is 0.307 e. The van der Waals surface area contributed by atoms with Gasteiger partial charge in [-0.15, -0.1) is 11.3 Å². The Kier molecular flexibility index (Phi) is 6.60. The minimum Gasteiger partial charge on any atom is -0.469 e. The van der Waals surface area contributed by atoms with Crippen molar-refractivity contribution in [3.05, 3.63) is 64.9 Å². The van der Waals surface area contributed by atoms with Crippen molar-refractivity contribution in [2.75, 3.05) is 13.7 Å². The monoisotopic (exact) mass is 398 g/mol. The molecule has 0 fully saturated rings. The summed E-state index contributed by atoms with van der Waals surface area (Å²) < 4.78 is 10.4. The fraction of sp³-hybridized carbons (Fsp3) is 0.286. The Hall–Kier alpha value is -2.93. The van der Waals surface area contributed by atoms with Crippen LogP contribution in [0.2, 0.25) is 0 Å². The average molecular weight is 398 g/mol. The van der Waals surface area contributed by atoms with Gasteiger partial charge in [-0.05, 0) is 23.9 Å². The molecule has 0 bridgehead atoms. The number of methoxy groups -OCH3 is 1. The van der Waals surface area contributed by atoms with E-state index in [0.29, 0.717) is 23.9 Å². The molecule has 6 nitrogen and oxygen atoms in total. The third kappa shape index (κ3) is 5.07. The molecule has 1 aromatic carbocycles. The predicted octanol–water partition coefficient (Wildman–Crippen LogP) is 3.85. The largest absolute Gasteiger partial charge is 0.469 e. The van der Waals surface area contributed by atoms with E-state index < -0.39 is 0 Å². The number of carbonyl (C=O) groups is 2. The SMILES string of the molecule is COC(=O)CCN(Cc1ccccc1)C(=O)Cc1nc(-c2cccs2)oc1C. The summed E-state index contributed by atoms with van der Waals surface area (Å²) in [5.41, 5.74) is 1.61. The number of aromatic nitrogens is 1. The first-order valence-corrected chi connectivity index (χ1v) is 9.83. The predicted molar refractivity (Wildman–Crippen MR) is 107 cm³/mol. The normalized spacial score (nSPS) is 10.6. The van der Waals surface area contributed by atoms with Gasteiger partial charge < -0.3 is 14.1 Å². The van der Waals surface area contributed by atoms with E-state index in [4.69, 9.17) is 9.15 Å². The molecule has 146 valence electrons. The number of aryl methyl sites for hydroxylation is 1. The first-order valence-electron chi connectivity index (χ1n) is 8.95. The minimum atomic E-state index is -0.344. The summed E-state index contributed by atoms with van der Waals surface area (Å²) >= 11 is 1.54. The zero-order valence-electron chi connectivity index (χ0n) is 15.9. The summed E-state index contributed by atoms with van der Waals surface area (Å²) in [6, 6.07) is 13.5. The maximum atomic E-state index is 13.0. The van der Waals surface area contributed by atoms with Gasteiger partial charge in [0.25, 0.3) is 0 Å². The van der Waals surface area contributed by atoms with Gasteiger partial charge in [0.1, 0.15) is 5.76 Å². The van der Waals surface area contributed by atoms with Crippen molar-refractivity contribution >= 4 is 23.2 Å². The molecule has 1 amide bonds. The van der Waals surface area contributed by atoms with E-state index in [1.165, 1.54) is 18.4 Å². The van der Waals surface area contributed by atoms with Crippen molar-refractivity contribution in [1.82, 2.24) is 9.88 Å². The Morgan fingerprint density at radius 1 is 1.18 bits per heavy atom. The summed E-state index contributed by atoms with van der Waals surface area (Å²) in [5.74, 6) is 0.703. The second-order valence-electron chi connectivity index (χ2n) is 6.30. The first-order chi connectivity index (χ1) is 13.6. The van der Waals surface area contributed by atoms with Gasteiger partial charge in [0, 0.05) is 13.1 Å². The van der Waals surface area contributed by atoms with E-state index in [1.54, 1.807) is 4.90 Å². The second-order valence-corrected chi connectivity index (χ2v) is 7.25. The minimum absolute atomic E-state index is 0.109. The molecule has 28 heavy (non-hydrogen) atoms. The van der Waals surface area contributed by atoms with Crippen molar-refractivity contribution < 1.29 is 18.7 Å². The number of hydrogen-bond donors (Lipinski definition) is 0. The van der Waals surface area contributed by atoms with Crippen LogP contribution in [0, 0.1) is 6.92 Å². The van der Waals surface area contributed by atoms with Crippen LogP contribution in [0.5, 0.6) is 0 Å². The highest BCUT2D eigenvalue weighted by Gasteiger charge is 2.20. The van der Waals surface area contributed by atoms with E-state index in [2.05, 4.69) is 4.98 Å². The van der Waals surface area contributed by atoms with Crippen molar-refractivity contribution in [2.45, 2.75) is 26.3 Å². The molecular weight excluding hydrogens is 376 g/mol. The quantitative estimate of drug-likeness (QED) is 0.539. The lowest BCUT2D eigenvalue weighted by Gasteiger charge is -2.22. The molecule has 0 aliphatic carbocycles. The summed E-state index contributed by atoms with van der Waals surface area (Å²) in [6.07, 6.45) is 0.266. The molecule has 0 atom stereocenters. The average Bonchev–Trinajstić information content (AvgIpc) is 3.36. The van der Waals surface area contributed by atoms with Gasteiger partial charge in [0.05, 0.1) is 30.5 Å². The van der Waals surface area contributed by atoms with Crippen LogP contribution in [0.15, 0.2) is 52.3 Å². The Morgan fingerprint density at radius 2 is 1.96 bits per heavy atom. The molecule has 0 aliphatic rings. The standard InChI is InChI=1S/C21H22N2O4S/c1-15-17(22-21(27-15)18-9-6-12-28-18)13-19(24)23(11-10-20(25)26-2)14-16-7-4-3-5-8-16/h3-9,12H,10-11,13-14H2,1-2H3. The number of esters is 1. The molecule has 0 saturated heterocycles. The topological polar surface area (TPSA) is 72.6 Å². The molecule has 7 heteroatoms. The van der Waals surface area contributed by atoms with Gasteiger partial charge in [-0.2, -0.15) is 0 Å². The third-order valence-electron chi connectivity index (χ3n) is 4.33. The Balaban J connectivity index is 1.74. The lowest BCUT2D eigenvalue weighted by Crippen LogP contribution is -2.34. The third-order valence-corrected chi connectivity index (χ3v) is 5.18. The Labute approximate surface area is 167 Å². The van der Waals surface area contributed by atoms with Crippen molar-refractivity contribution in [3.8, 4) is 10.8 Å². The van der Waals surface area contributed by atoms with E-state index in [1.807, 2.05) is 54.8 Å². The number of ether oxygens (including phenoxy) is 1. The number of nitrogens with zero attached hydrogens (tertiary/aromatic N) is 2. The van der Waals surface area contributed by atoms with Crippen LogP contribution in [0.3, 0.4) is 0 Å². The Bertz CT molecular complexity index is 919. The highest BCUT2D eigenvalue weighted by molar-refractivity contribution is 7.13. The summed E-state index contributed by atoms with van der Waals surface area (Å²) in [5, 5.41) is 1.95. The molecule has 0 N–H and O–H groups in total. The molecule has 0 unspecified atom stereocenters. The molecular formula is C21H22N2O4S. The van der Waals surface area contributed by atoms with E-state index >= 15 is 0 Å². The number of oxazole rings is 1. The fourth-order valence-corrected chi connectivity index (χ4v) is 3.43. The van der Waals surface area contributed by atoms with Crippen LogP contribution in [0.1, 0.15) is 23.4 Å². The van der Waals surface area contributed by atoms with Crippen LogP contribution in [0.4, 0.5) is 0 Å². The number of carbonyl (C=O) groups excluding carboxylic acids is 2. The van der Waals surface area contributed by atoms with Crippen LogP contribution in [-0.4, -0.2) is 35.4 Å². The number of amides is 1. The van der Waals surface area contributed by atoms with Gasteiger partial charge >= 0.3 is 5.97 Å². The van der Waals surface area contributed by atoms with Gasteiger partial charge in [-0.3, -0.25) is 9.59 Å². The lowest BCUT2D eigenvalue weighted by molar-refractivity contribution is -0.141. The molecule has 0 radical (unpaired) electrons. The van der Waals surface area contributed by atoms with Gasteiger partial charge in [-0.1, -0.05) is 36.4 Å². The van der Waals surface area contributed by atoms with E-state index in [-0.39, 0.29) is 31.3 Å². The lowest BCUT2D eigenvalue weighted by atomic mass is 10.2. The molecule has 0 spiro atoms. The highest BCUT2D eigenvalue weighted by atomic mass is 32.1. The summed E-state index contributed by atoms with van der Waals surface area (Å²) in [7, 11) is 1.34. The van der Waals surface area contributed by atoms with Gasteiger partial charge in [0.2, 0.25) is 11.8 Å². The van der Waals surface area contributed by atoms with Crippen molar-refractivity contribution in [1.29, 1.82) is 0 Å². The van der Waals surface area contributed by atoms with Crippen LogP contribution in [0.25, 0.3) is 10.8 Å². The van der Waals surface area contributed by atoms with Crippen molar-refractivity contribution in [2.24, 2.45) is 0 Å². The molecule has 0 aliphatic heterocycles. The maximum absolute atomic E-state index is 13.0. The fourth-order valence-electron chi connectivity index (χ4n) is 2.78. The smallest absolute Gasteiger partial charge is 0.307 e. The highest BCUT2D eigenvalue weighted by Crippen LogP contribution is 2.26. The number of thiophene rings is 1.